The van der Waals surface area contributed by atoms with Gasteiger partial charge in [-0.2, -0.15) is 0 Å². The van der Waals surface area contributed by atoms with Crippen molar-refractivity contribution in [2.75, 3.05) is 11.9 Å². The van der Waals surface area contributed by atoms with Crippen LogP contribution in [-0.2, 0) is 0 Å². The number of aryl methyl sites for hydroxylation is 2. The minimum absolute atomic E-state index is 0.534. The Hall–Kier alpha value is -1.13. The Bertz CT molecular complexity index is 552. The van der Waals surface area contributed by atoms with Gasteiger partial charge in [0.1, 0.15) is 0 Å². The van der Waals surface area contributed by atoms with Crippen LogP contribution in [0.5, 0.6) is 0 Å². The number of anilines is 1. The summed E-state index contributed by atoms with van der Waals surface area (Å²) >= 11 is 5.59. The third-order valence-electron chi connectivity index (χ3n) is 5.65. The molecule has 1 aromatic carbocycles. The van der Waals surface area contributed by atoms with E-state index in [-0.39, 0.29) is 0 Å². The van der Waals surface area contributed by atoms with Crippen molar-refractivity contribution in [1.82, 2.24) is 5.32 Å². The Balaban J connectivity index is 1.57. The van der Waals surface area contributed by atoms with Crippen molar-refractivity contribution in [3.63, 3.8) is 0 Å². The van der Waals surface area contributed by atoms with E-state index in [9.17, 15) is 0 Å². The highest BCUT2D eigenvalue weighted by atomic mass is 32.1. The van der Waals surface area contributed by atoms with E-state index in [0.717, 1.165) is 22.9 Å². The number of nitrogens with one attached hydrogen (secondary N) is 3. The second kappa shape index (κ2) is 7.83. The Morgan fingerprint density at radius 2 is 1.75 bits per heavy atom. The predicted octanol–water partition coefficient (Wildman–Crippen LogP) is 2.97. The molecule has 4 atom stereocenters. The predicted molar refractivity (Wildman–Crippen MR) is 106 cm³/mol. The molecule has 2 saturated heterocycles. The lowest BCUT2D eigenvalue weighted by molar-refractivity contribution is -0.961. The zero-order chi connectivity index (χ0) is 17.1. The van der Waals surface area contributed by atoms with Crippen molar-refractivity contribution in [2.24, 2.45) is 0 Å². The topological polar surface area (TPSA) is 28.5 Å². The minimum Gasteiger partial charge on any atom is -0.359 e. The lowest BCUT2D eigenvalue weighted by atomic mass is 9.81. The van der Waals surface area contributed by atoms with E-state index in [1.807, 2.05) is 4.90 Å². The van der Waals surface area contributed by atoms with Gasteiger partial charge in [0.15, 0.2) is 5.11 Å². The van der Waals surface area contributed by atoms with E-state index in [1.54, 1.807) is 0 Å². The molecule has 2 fully saturated rings. The van der Waals surface area contributed by atoms with E-state index in [1.165, 1.54) is 56.2 Å². The fourth-order valence-electron chi connectivity index (χ4n) is 4.85. The second-order valence-electron chi connectivity index (χ2n) is 7.79. The average molecular weight is 347 g/mol. The number of piperidine rings is 2. The molecule has 4 heteroatoms. The number of hydrogen-bond acceptors (Lipinski definition) is 1. The highest BCUT2D eigenvalue weighted by molar-refractivity contribution is 7.80. The monoisotopic (exact) mass is 346 g/mol. The van der Waals surface area contributed by atoms with Gasteiger partial charge in [0.2, 0.25) is 0 Å². The third-order valence-corrected chi connectivity index (χ3v) is 5.87. The largest absolute Gasteiger partial charge is 0.359 e. The average Bonchev–Trinajstić information content (AvgIpc) is 2.47. The summed E-state index contributed by atoms with van der Waals surface area (Å²) in [5.41, 5.74) is 3.64. The van der Waals surface area contributed by atoms with Crippen LogP contribution in [0.3, 0.4) is 0 Å². The van der Waals surface area contributed by atoms with Gasteiger partial charge in [-0.15, -0.1) is 0 Å². The molecule has 0 saturated carbocycles. The zero-order valence-electron chi connectivity index (χ0n) is 15.3. The normalized spacial score (nSPS) is 29.1. The molecule has 0 amide bonds. The summed E-state index contributed by atoms with van der Waals surface area (Å²) in [5.74, 6) is 0. The number of rotatable bonds is 4. The maximum Gasteiger partial charge on any atom is 0.171 e. The molecule has 0 aliphatic carbocycles. The number of quaternary nitrogens is 1. The summed E-state index contributed by atoms with van der Waals surface area (Å²) in [6.07, 6.45) is 8.02. The SMILES string of the molecule is CCC[NH+]1[C@@H]2CCC[C@H]1CC(NC(=S)Nc1cc(C)cc(C)c1)C2. The van der Waals surface area contributed by atoms with E-state index in [0.29, 0.717) is 6.04 Å². The first-order chi connectivity index (χ1) is 11.5. The standard InChI is InChI=1S/C20H31N3S/c1-4-8-23-18-6-5-7-19(23)13-17(12-18)22-20(24)21-16-10-14(2)9-15(3)11-16/h9-11,17-19H,4-8,12-13H2,1-3H3,(H2,21,22,24)/p+1/t17?,18-,19+. The lowest BCUT2D eigenvalue weighted by Gasteiger charge is -2.46. The van der Waals surface area contributed by atoms with Crippen molar-refractivity contribution in [3.05, 3.63) is 29.3 Å². The highest BCUT2D eigenvalue weighted by Gasteiger charge is 2.41. The molecule has 2 bridgehead atoms. The summed E-state index contributed by atoms with van der Waals surface area (Å²) in [6, 6.07) is 8.70. The molecule has 132 valence electrons. The molecule has 3 rings (SSSR count). The van der Waals surface area contributed by atoms with Crippen LogP contribution in [0.15, 0.2) is 18.2 Å². The minimum atomic E-state index is 0.534. The van der Waals surface area contributed by atoms with Crippen LogP contribution >= 0.6 is 12.2 Å². The molecule has 2 aliphatic rings. The van der Waals surface area contributed by atoms with Crippen molar-refractivity contribution >= 4 is 23.0 Å². The van der Waals surface area contributed by atoms with Crippen molar-refractivity contribution < 1.29 is 4.90 Å². The molecule has 0 spiro atoms. The van der Waals surface area contributed by atoms with E-state index in [4.69, 9.17) is 12.2 Å². The molecular weight excluding hydrogens is 314 g/mol. The summed E-state index contributed by atoms with van der Waals surface area (Å²) in [5, 5.41) is 7.77. The van der Waals surface area contributed by atoms with Crippen LogP contribution in [0.4, 0.5) is 5.69 Å². The fraction of sp³-hybridized carbons (Fsp3) is 0.650. The molecule has 2 unspecified atom stereocenters. The Morgan fingerprint density at radius 1 is 1.12 bits per heavy atom. The number of hydrogen-bond donors (Lipinski definition) is 3. The first-order valence-corrected chi connectivity index (χ1v) is 9.97. The third kappa shape index (κ3) is 4.28. The van der Waals surface area contributed by atoms with Crippen molar-refractivity contribution in [3.8, 4) is 0 Å². The van der Waals surface area contributed by atoms with Crippen LogP contribution in [0.25, 0.3) is 0 Å². The second-order valence-corrected chi connectivity index (χ2v) is 8.20. The van der Waals surface area contributed by atoms with Crippen LogP contribution in [0.2, 0.25) is 0 Å². The molecule has 3 nitrogen and oxygen atoms in total. The Labute approximate surface area is 152 Å². The van der Waals surface area contributed by atoms with Gasteiger partial charge in [-0.1, -0.05) is 13.0 Å². The maximum atomic E-state index is 5.59. The summed E-state index contributed by atoms with van der Waals surface area (Å²) in [4.78, 5) is 1.87. The van der Waals surface area contributed by atoms with Crippen LogP contribution in [0, 0.1) is 13.8 Å². The molecule has 3 N–H and O–H groups in total. The van der Waals surface area contributed by atoms with Crippen LogP contribution in [-0.4, -0.2) is 29.8 Å². The van der Waals surface area contributed by atoms with Gasteiger partial charge in [-0.25, -0.2) is 0 Å². The number of fused-ring (bicyclic) bond motifs is 2. The van der Waals surface area contributed by atoms with Gasteiger partial charge in [0, 0.05) is 24.6 Å². The van der Waals surface area contributed by atoms with Gasteiger partial charge in [0.05, 0.1) is 18.6 Å². The number of thiocarbonyl (C=S) groups is 1. The van der Waals surface area contributed by atoms with Crippen LogP contribution in [0.1, 0.15) is 56.6 Å². The molecule has 2 aliphatic heterocycles. The van der Waals surface area contributed by atoms with Gasteiger partial charge in [-0.3, -0.25) is 0 Å². The summed E-state index contributed by atoms with van der Waals surface area (Å²) in [7, 11) is 0. The van der Waals surface area contributed by atoms with Crippen molar-refractivity contribution in [1.29, 1.82) is 0 Å². The molecule has 1 aromatic rings. The Morgan fingerprint density at radius 3 is 2.33 bits per heavy atom. The summed E-state index contributed by atoms with van der Waals surface area (Å²) < 4.78 is 0. The van der Waals surface area contributed by atoms with Gasteiger partial charge < -0.3 is 15.5 Å². The lowest BCUT2D eigenvalue weighted by Crippen LogP contribution is -3.21. The van der Waals surface area contributed by atoms with E-state index >= 15 is 0 Å². The Kier molecular flexibility index (Phi) is 5.77. The van der Waals surface area contributed by atoms with Gasteiger partial charge in [-0.05, 0) is 75.0 Å². The zero-order valence-corrected chi connectivity index (χ0v) is 16.1. The molecular formula is C20H32N3S+. The van der Waals surface area contributed by atoms with Gasteiger partial charge in [0.25, 0.3) is 0 Å². The molecule has 2 heterocycles. The smallest absolute Gasteiger partial charge is 0.171 e. The molecule has 0 aromatic heterocycles. The molecule has 24 heavy (non-hydrogen) atoms. The first kappa shape index (κ1) is 17.7. The van der Waals surface area contributed by atoms with E-state index in [2.05, 4.69) is 49.6 Å². The maximum absolute atomic E-state index is 5.59. The number of benzene rings is 1. The van der Waals surface area contributed by atoms with E-state index < -0.39 is 0 Å². The highest BCUT2D eigenvalue weighted by Crippen LogP contribution is 2.22. The molecule has 0 radical (unpaired) electrons. The van der Waals surface area contributed by atoms with Crippen molar-refractivity contribution in [2.45, 2.75) is 77.4 Å². The van der Waals surface area contributed by atoms with Crippen LogP contribution < -0.4 is 15.5 Å². The van der Waals surface area contributed by atoms with Gasteiger partial charge >= 0.3 is 0 Å². The fourth-order valence-corrected chi connectivity index (χ4v) is 5.14. The quantitative estimate of drug-likeness (QED) is 0.732. The first-order valence-electron chi connectivity index (χ1n) is 9.56. The summed E-state index contributed by atoms with van der Waals surface area (Å²) in [6.45, 7) is 7.91.